The van der Waals surface area contributed by atoms with Crippen molar-refractivity contribution in [2.45, 2.75) is 25.7 Å². The van der Waals surface area contributed by atoms with Gasteiger partial charge in [0.05, 0.1) is 17.2 Å². The van der Waals surface area contributed by atoms with Gasteiger partial charge in [0.15, 0.2) is 0 Å². The lowest BCUT2D eigenvalue weighted by atomic mass is 10.2. The Labute approximate surface area is 125 Å². The van der Waals surface area contributed by atoms with Crippen molar-refractivity contribution < 1.29 is 17.5 Å². The number of rotatable bonds is 7. The number of ether oxygens (including phenoxy) is 1. The van der Waals surface area contributed by atoms with E-state index in [0.29, 0.717) is 13.2 Å². The second kappa shape index (κ2) is 7.20. The predicted molar refractivity (Wildman–Crippen MR) is 81.0 cm³/mol. The number of nitrogen functional groups attached to an aromatic ring is 1. The number of nitrogens with zero attached hydrogens (tertiary/aromatic N) is 1. The molecule has 1 aromatic carbocycles. The number of aryl methyl sites for hydroxylation is 1. The zero-order valence-electron chi connectivity index (χ0n) is 12.9. The van der Waals surface area contributed by atoms with Gasteiger partial charge < -0.3 is 10.5 Å². The van der Waals surface area contributed by atoms with E-state index in [2.05, 4.69) is 0 Å². The molecule has 0 amide bonds. The third kappa shape index (κ3) is 4.39. The van der Waals surface area contributed by atoms with E-state index >= 15 is 0 Å². The molecule has 120 valence electrons. The molecule has 0 heterocycles. The summed E-state index contributed by atoms with van der Waals surface area (Å²) in [6.45, 7) is 6.25. The molecule has 0 aliphatic carbocycles. The van der Waals surface area contributed by atoms with Crippen LogP contribution in [0.5, 0.6) is 0 Å². The van der Waals surface area contributed by atoms with Crippen LogP contribution in [0.4, 0.5) is 10.1 Å². The molecule has 0 fully saturated rings. The molecular formula is C14H23FN2O3S. The van der Waals surface area contributed by atoms with Gasteiger partial charge in [0.2, 0.25) is 10.0 Å². The van der Waals surface area contributed by atoms with Gasteiger partial charge >= 0.3 is 0 Å². The van der Waals surface area contributed by atoms with Gasteiger partial charge in [-0.1, -0.05) is 13.8 Å². The standard InChI is InChI=1S/C14H23FN2O3S/c1-10(2)9-17(5-6-20-4)21(18,19)12-7-11(3)14(15)13(16)8-12/h7-8,10H,5-6,9,16H2,1-4H3. The summed E-state index contributed by atoms with van der Waals surface area (Å²) in [5.74, 6) is -0.420. The van der Waals surface area contributed by atoms with Gasteiger partial charge in [0.25, 0.3) is 0 Å². The van der Waals surface area contributed by atoms with Gasteiger partial charge in [-0.15, -0.1) is 0 Å². The monoisotopic (exact) mass is 318 g/mol. The Balaban J connectivity index is 3.21. The van der Waals surface area contributed by atoms with Crippen molar-refractivity contribution in [1.29, 1.82) is 0 Å². The molecule has 2 N–H and O–H groups in total. The average Bonchev–Trinajstić information content (AvgIpc) is 2.39. The number of anilines is 1. The highest BCUT2D eigenvalue weighted by Gasteiger charge is 2.26. The van der Waals surface area contributed by atoms with Crippen LogP contribution in [0.1, 0.15) is 19.4 Å². The lowest BCUT2D eigenvalue weighted by molar-refractivity contribution is 0.175. The first-order valence-corrected chi connectivity index (χ1v) is 8.18. The van der Waals surface area contributed by atoms with E-state index in [-0.39, 0.29) is 28.6 Å². The Bertz CT molecular complexity index is 565. The van der Waals surface area contributed by atoms with Crippen molar-refractivity contribution in [3.05, 3.63) is 23.5 Å². The third-order valence-electron chi connectivity index (χ3n) is 3.01. The fourth-order valence-corrected chi connectivity index (χ4v) is 3.68. The van der Waals surface area contributed by atoms with E-state index in [1.165, 1.54) is 24.4 Å². The van der Waals surface area contributed by atoms with Crippen LogP contribution in [0.15, 0.2) is 17.0 Å². The van der Waals surface area contributed by atoms with Crippen molar-refractivity contribution in [3.8, 4) is 0 Å². The Morgan fingerprint density at radius 3 is 2.48 bits per heavy atom. The van der Waals surface area contributed by atoms with Gasteiger partial charge in [-0.2, -0.15) is 4.31 Å². The van der Waals surface area contributed by atoms with Crippen LogP contribution in [0.3, 0.4) is 0 Å². The Hall–Kier alpha value is -1.18. The number of hydrogen-bond donors (Lipinski definition) is 1. The zero-order chi connectivity index (χ0) is 16.2. The summed E-state index contributed by atoms with van der Waals surface area (Å²) in [6.07, 6.45) is 0. The Morgan fingerprint density at radius 2 is 2.00 bits per heavy atom. The van der Waals surface area contributed by atoms with Crippen LogP contribution in [-0.2, 0) is 14.8 Å². The summed E-state index contributed by atoms with van der Waals surface area (Å²) in [6, 6.07) is 2.47. The normalized spacial score (nSPS) is 12.3. The first-order chi connectivity index (χ1) is 9.70. The SMILES string of the molecule is COCCN(CC(C)C)S(=O)(=O)c1cc(C)c(F)c(N)c1. The minimum Gasteiger partial charge on any atom is -0.396 e. The van der Waals surface area contributed by atoms with Gasteiger partial charge in [-0.3, -0.25) is 0 Å². The number of halogens is 1. The smallest absolute Gasteiger partial charge is 0.243 e. The van der Waals surface area contributed by atoms with E-state index in [9.17, 15) is 12.8 Å². The first-order valence-electron chi connectivity index (χ1n) is 6.74. The third-order valence-corrected chi connectivity index (χ3v) is 4.85. The maximum Gasteiger partial charge on any atom is 0.243 e. The van der Waals surface area contributed by atoms with Gasteiger partial charge in [0, 0.05) is 20.2 Å². The van der Waals surface area contributed by atoms with Crippen LogP contribution < -0.4 is 5.73 Å². The zero-order valence-corrected chi connectivity index (χ0v) is 13.7. The molecule has 0 radical (unpaired) electrons. The number of nitrogens with two attached hydrogens (primary N) is 1. The molecule has 7 heteroatoms. The Kier molecular flexibility index (Phi) is 6.12. The van der Waals surface area contributed by atoms with Crippen molar-refractivity contribution in [2.24, 2.45) is 5.92 Å². The molecule has 0 unspecified atom stereocenters. The maximum atomic E-state index is 13.6. The van der Waals surface area contributed by atoms with E-state index in [4.69, 9.17) is 10.5 Å². The average molecular weight is 318 g/mol. The fourth-order valence-electron chi connectivity index (χ4n) is 1.97. The molecule has 0 aromatic heterocycles. The summed E-state index contributed by atoms with van der Waals surface area (Å²) in [7, 11) is -2.21. The molecular weight excluding hydrogens is 295 g/mol. The molecule has 0 atom stereocenters. The van der Waals surface area contributed by atoms with Crippen molar-refractivity contribution in [2.75, 3.05) is 32.5 Å². The molecule has 0 aliphatic heterocycles. The minimum absolute atomic E-state index is 0.00986. The Morgan fingerprint density at radius 1 is 1.38 bits per heavy atom. The highest BCUT2D eigenvalue weighted by molar-refractivity contribution is 7.89. The molecule has 0 saturated carbocycles. The predicted octanol–water partition coefficient (Wildman–Crippen LogP) is 2.01. The molecule has 21 heavy (non-hydrogen) atoms. The minimum atomic E-state index is -3.72. The largest absolute Gasteiger partial charge is 0.396 e. The van der Waals surface area contributed by atoms with Crippen molar-refractivity contribution in [1.82, 2.24) is 4.31 Å². The molecule has 0 saturated heterocycles. The highest BCUT2D eigenvalue weighted by atomic mass is 32.2. The second-order valence-electron chi connectivity index (χ2n) is 5.39. The number of hydrogen-bond acceptors (Lipinski definition) is 4. The van der Waals surface area contributed by atoms with E-state index in [0.717, 1.165) is 6.07 Å². The van der Waals surface area contributed by atoms with Crippen LogP contribution in [0, 0.1) is 18.7 Å². The van der Waals surface area contributed by atoms with Gasteiger partial charge in [-0.25, -0.2) is 12.8 Å². The van der Waals surface area contributed by atoms with Crippen LogP contribution in [0.25, 0.3) is 0 Å². The lowest BCUT2D eigenvalue weighted by Crippen LogP contribution is -2.36. The molecule has 1 aromatic rings. The summed E-state index contributed by atoms with van der Waals surface area (Å²) in [5.41, 5.74) is 5.59. The summed E-state index contributed by atoms with van der Waals surface area (Å²) < 4.78 is 45.2. The first kappa shape index (κ1) is 17.9. The van der Waals surface area contributed by atoms with Crippen molar-refractivity contribution in [3.63, 3.8) is 0 Å². The van der Waals surface area contributed by atoms with Gasteiger partial charge in [0.1, 0.15) is 5.82 Å². The molecule has 1 rings (SSSR count). The quantitative estimate of drug-likeness (QED) is 0.781. The summed E-state index contributed by atoms with van der Waals surface area (Å²) in [5, 5.41) is 0. The van der Waals surface area contributed by atoms with Crippen molar-refractivity contribution >= 4 is 15.7 Å². The van der Waals surface area contributed by atoms with E-state index < -0.39 is 15.8 Å². The lowest BCUT2D eigenvalue weighted by Gasteiger charge is -2.24. The van der Waals surface area contributed by atoms with E-state index in [1.807, 2.05) is 13.8 Å². The summed E-state index contributed by atoms with van der Waals surface area (Å²) in [4.78, 5) is 0.00986. The number of sulfonamides is 1. The summed E-state index contributed by atoms with van der Waals surface area (Å²) >= 11 is 0. The fraction of sp³-hybridized carbons (Fsp3) is 0.571. The van der Waals surface area contributed by atoms with E-state index in [1.54, 1.807) is 0 Å². The number of benzene rings is 1. The molecule has 0 aliphatic rings. The van der Waals surface area contributed by atoms with Gasteiger partial charge in [-0.05, 0) is 30.5 Å². The van der Waals surface area contributed by atoms with Crippen LogP contribution >= 0.6 is 0 Å². The topological polar surface area (TPSA) is 72.6 Å². The number of methoxy groups -OCH3 is 1. The molecule has 0 spiro atoms. The molecule has 0 bridgehead atoms. The van der Waals surface area contributed by atoms with Crippen LogP contribution in [0.2, 0.25) is 0 Å². The van der Waals surface area contributed by atoms with Crippen LogP contribution in [-0.4, -0.2) is 39.5 Å². The molecule has 5 nitrogen and oxygen atoms in total. The second-order valence-corrected chi connectivity index (χ2v) is 7.33. The highest BCUT2D eigenvalue weighted by Crippen LogP contribution is 2.24. The maximum absolute atomic E-state index is 13.6.